The van der Waals surface area contributed by atoms with Crippen molar-refractivity contribution in [3.63, 3.8) is 0 Å². The Morgan fingerprint density at radius 3 is 2.52 bits per heavy atom. The summed E-state index contributed by atoms with van der Waals surface area (Å²) < 4.78 is 0. The minimum absolute atomic E-state index is 0.131. The van der Waals surface area contributed by atoms with Crippen LogP contribution < -0.4 is 5.32 Å². The molecule has 0 spiro atoms. The highest BCUT2D eigenvalue weighted by molar-refractivity contribution is 5.46. The van der Waals surface area contributed by atoms with Crippen molar-refractivity contribution in [2.45, 2.75) is 70.4 Å². The second-order valence-corrected chi connectivity index (χ2v) is 6.96. The number of rotatable bonds is 4. The van der Waals surface area contributed by atoms with Crippen molar-refractivity contribution in [3.8, 4) is 0 Å². The molecule has 0 aliphatic heterocycles. The van der Waals surface area contributed by atoms with Crippen LogP contribution in [0.2, 0.25) is 0 Å². The molecule has 2 nitrogen and oxygen atoms in total. The van der Waals surface area contributed by atoms with E-state index in [1.165, 1.54) is 63.5 Å². The first-order chi connectivity index (χ1) is 10.4. The summed E-state index contributed by atoms with van der Waals surface area (Å²) in [6.45, 7) is 0.131. The number of anilines is 1. The van der Waals surface area contributed by atoms with Crippen molar-refractivity contribution in [1.82, 2.24) is 0 Å². The molecule has 2 aliphatic carbocycles. The van der Waals surface area contributed by atoms with Gasteiger partial charge in [0.1, 0.15) is 0 Å². The molecule has 3 rings (SSSR count). The molecule has 0 heterocycles. The third kappa shape index (κ3) is 3.79. The van der Waals surface area contributed by atoms with Crippen LogP contribution in [-0.4, -0.2) is 11.1 Å². The topological polar surface area (TPSA) is 32.3 Å². The zero-order valence-corrected chi connectivity index (χ0v) is 13.1. The third-order valence-corrected chi connectivity index (χ3v) is 5.54. The van der Waals surface area contributed by atoms with Gasteiger partial charge in [0, 0.05) is 11.7 Å². The molecule has 2 fully saturated rings. The average Bonchev–Trinajstić information content (AvgIpc) is 2.56. The Kier molecular flexibility index (Phi) is 5.18. The van der Waals surface area contributed by atoms with E-state index in [9.17, 15) is 5.11 Å². The zero-order chi connectivity index (χ0) is 14.5. The minimum Gasteiger partial charge on any atom is -0.392 e. The van der Waals surface area contributed by atoms with Gasteiger partial charge in [-0.05, 0) is 42.4 Å². The number of benzene rings is 1. The first-order valence-electron chi connectivity index (χ1n) is 8.83. The summed E-state index contributed by atoms with van der Waals surface area (Å²) in [5.74, 6) is 1.80. The van der Waals surface area contributed by atoms with Crippen LogP contribution in [0.1, 0.15) is 63.4 Å². The minimum atomic E-state index is 0.131. The average molecular weight is 287 g/mol. The quantitative estimate of drug-likeness (QED) is 0.839. The fraction of sp³-hybridized carbons (Fsp3) is 0.684. The van der Waals surface area contributed by atoms with E-state index in [2.05, 4.69) is 17.4 Å². The highest BCUT2D eigenvalue weighted by Gasteiger charge is 2.32. The van der Waals surface area contributed by atoms with Crippen molar-refractivity contribution in [1.29, 1.82) is 0 Å². The number of hydrogen-bond acceptors (Lipinski definition) is 2. The summed E-state index contributed by atoms with van der Waals surface area (Å²) >= 11 is 0. The van der Waals surface area contributed by atoms with Gasteiger partial charge in [-0.15, -0.1) is 0 Å². The van der Waals surface area contributed by atoms with Gasteiger partial charge in [0.2, 0.25) is 0 Å². The van der Waals surface area contributed by atoms with E-state index >= 15 is 0 Å². The van der Waals surface area contributed by atoms with E-state index in [1.54, 1.807) is 0 Å². The lowest BCUT2D eigenvalue weighted by Gasteiger charge is -2.40. The standard InChI is InChI=1S/C19H29NO/c21-14-15-7-6-10-17(13-15)20-19-12-5-4-11-18(19)16-8-2-1-3-9-16/h6-7,10,13,16,18-21H,1-5,8-9,11-12,14H2. The van der Waals surface area contributed by atoms with Crippen LogP contribution in [0.3, 0.4) is 0 Å². The summed E-state index contributed by atoms with van der Waals surface area (Å²) in [6, 6.07) is 8.92. The second-order valence-electron chi connectivity index (χ2n) is 6.96. The van der Waals surface area contributed by atoms with Gasteiger partial charge in [-0.1, -0.05) is 57.1 Å². The molecule has 1 aromatic carbocycles. The monoisotopic (exact) mass is 287 g/mol. The smallest absolute Gasteiger partial charge is 0.0682 e. The van der Waals surface area contributed by atoms with Gasteiger partial charge in [0.25, 0.3) is 0 Å². The summed E-state index contributed by atoms with van der Waals surface area (Å²) in [5.41, 5.74) is 2.19. The van der Waals surface area contributed by atoms with E-state index < -0.39 is 0 Å². The molecule has 2 atom stereocenters. The molecule has 0 saturated heterocycles. The lowest BCUT2D eigenvalue weighted by atomic mass is 9.71. The SMILES string of the molecule is OCc1cccc(NC2CCCCC2C2CCCCC2)c1. The Morgan fingerprint density at radius 1 is 0.952 bits per heavy atom. The maximum Gasteiger partial charge on any atom is 0.0682 e. The number of aliphatic hydroxyl groups excluding tert-OH is 1. The summed E-state index contributed by atoms with van der Waals surface area (Å²) in [7, 11) is 0. The van der Waals surface area contributed by atoms with Crippen LogP contribution in [0.5, 0.6) is 0 Å². The molecule has 0 bridgehead atoms. The molecule has 2 unspecified atom stereocenters. The fourth-order valence-electron chi connectivity index (χ4n) is 4.44. The van der Waals surface area contributed by atoms with E-state index in [0.29, 0.717) is 6.04 Å². The lowest BCUT2D eigenvalue weighted by Crippen LogP contribution is -2.37. The molecule has 116 valence electrons. The van der Waals surface area contributed by atoms with Crippen molar-refractivity contribution >= 4 is 5.69 Å². The van der Waals surface area contributed by atoms with Gasteiger partial charge >= 0.3 is 0 Å². The van der Waals surface area contributed by atoms with Gasteiger partial charge < -0.3 is 10.4 Å². The molecule has 0 amide bonds. The molecular weight excluding hydrogens is 258 g/mol. The molecule has 0 aromatic heterocycles. The molecular formula is C19H29NO. The van der Waals surface area contributed by atoms with Crippen LogP contribution in [0.25, 0.3) is 0 Å². The van der Waals surface area contributed by atoms with Crippen molar-refractivity contribution < 1.29 is 5.11 Å². The van der Waals surface area contributed by atoms with Gasteiger partial charge in [-0.25, -0.2) is 0 Å². The van der Waals surface area contributed by atoms with Crippen LogP contribution in [0.15, 0.2) is 24.3 Å². The molecule has 2 N–H and O–H groups in total. The molecule has 2 saturated carbocycles. The number of hydrogen-bond donors (Lipinski definition) is 2. The van der Waals surface area contributed by atoms with Gasteiger partial charge in [0.15, 0.2) is 0 Å². The Balaban J connectivity index is 1.68. The number of aliphatic hydroxyl groups is 1. The predicted molar refractivity (Wildman–Crippen MR) is 88.3 cm³/mol. The highest BCUT2D eigenvalue weighted by Crippen LogP contribution is 2.39. The van der Waals surface area contributed by atoms with Crippen LogP contribution in [0.4, 0.5) is 5.69 Å². The molecule has 1 aromatic rings. The zero-order valence-electron chi connectivity index (χ0n) is 13.1. The fourth-order valence-corrected chi connectivity index (χ4v) is 4.44. The summed E-state index contributed by atoms with van der Waals surface area (Å²) in [4.78, 5) is 0. The first-order valence-corrected chi connectivity index (χ1v) is 8.83. The lowest BCUT2D eigenvalue weighted by molar-refractivity contribution is 0.180. The number of nitrogens with one attached hydrogen (secondary N) is 1. The molecule has 21 heavy (non-hydrogen) atoms. The van der Waals surface area contributed by atoms with Gasteiger partial charge in [-0.2, -0.15) is 0 Å². The largest absolute Gasteiger partial charge is 0.392 e. The van der Waals surface area contributed by atoms with E-state index in [1.807, 2.05) is 12.1 Å². The van der Waals surface area contributed by atoms with Crippen molar-refractivity contribution in [2.24, 2.45) is 11.8 Å². The van der Waals surface area contributed by atoms with Gasteiger partial charge in [-0.3, -0.25) is 0 Å². The Labute approximate surface area is 129 Å². The summed E-state index contributed by atoms with van der Waals surface area (Å²) in [6.07, 6.45) is 12.7. The van der Waals surface area contributed by atoms with Crippen molar-refractivity contribution in [2.75, 3.05) is 5.32 Å². The van der Waals surface area contributed by atoms with E-state index in [0.717, 1.165) is 17.4 Å². The summed E-state index contributed by atoms with van der Waals surface area (Å²) in [5, 5.41) is 13.1. The van der Waals surface area contributed by atoms with Crippen LogP contribution >= 0.6 is 0 Å². The maximum atomic E-state index is 9.30. The Hall–Kier alpha value is -1.02. The van der Waals surface area contributed by atoms with Crippen molar-refractivity contribution in [3.05, 3.63) is 29.8 Å². The molecule has 2 aliphatic rings. The highest BCUT2D eigenvalue weighted by atomic mass is 16.3. The maximum absolute atomic E-state index is 9.30. The van der Waals surface area contributed by atoms with E-state index in [-0.39, 0.29) is 6.61 Å². The second kappa shape index (κ2) is 7.31. The van der Waals surface area contributed by atoms with Crippen LogP contribution in [0, 0.1) is 11.8 Å². The molecule has 2 heteroatoms. The van der Waals surface area contributed by atoms with Gasteiger partial charge in [0.05, 0.1) is 6.61 Å². The Morgan fingerprint density at radius 2 is 1.71 bits per heavy atom. The van der Waals surface area contributed by atoms with Crippen LogP contribution in [-0.2, 0) is 6.61 Å². The first kappa shape index (κ1) is 14.9. The van der Waals surface area contributed by atoms with E-state index in [4.69, 9.17) is 0 Å². The normalized spacial score (nSPS) is 27.5. The Bertz CT molecular complexity index is 439. The third-order valence-electron chi connectivity index (χ3n) is 5.54. The predicted octanol–water partition coefficient (Wildman–Crippen LogP) is 4.73. The molecule has 0 radical (unpaired) electrons.